The Morgan fingerprint density at radius 2 is 2.12 bits per heavy atom. The molecule has 8 heteroatoms. The Labute approximate surface area is 165 Å². The highest BCUT2D eigenvalue weighted by Gasteiger charge is 2.22. The van der Waals surface area contributed by atoms with Crippen LogP contribution in [0.4, 0.5) is 0 Å². The fraction of sp³-hybridized carbons (Fsp3) is 0.556. The number of amides is 1. The summed E-state index contributed by atoms with van der Waals surface area (Å²) in [7, 11) is 1.85. The molecule has 0 spiro atoms. The van der Waals surface area contributed by atoms with Crippen LogP contribution < -0.4 is 5.32 Å². The topological polar surface area (TPSA) is 72.9 Å². The number of carboxylic acid groups (broad SMARTS) is 1. The van der Waals surface area contributed by atoms with Crippen molar-refractivity contribution < 1.29 is 14.7 Å². The third-order valence-corrected chi connectivity index (χ3v) is 4.78. The molecule has 1 aliphatic heterocycles. The van der Waals surface area contributed by atoms with Gasteiger partial charge in [-0.2, -0.15) is 0 Å². The molecule has 2 rings (SSSR count). The highest BCUT2D eigenvalue weighted by molar-refractivity contribution is 6.30. The molecule has 0 aromatic heterocycles. The number of nitrogens with one attached hydrogen (secondary N) is 1. The third-order valence-electron chi connectivity index (χ3n) is 4.54. The van der Waals surface area contributed by atoms with E-state index in [2.05, 4.69) is 10.2 Å². The van der Waals surface area contributed by atoms with Crippen molar-refractivity contribution in [2.45, 2.75) is 31.8 Å². The number of halogens is 2. The van der Waals surface area contributed by atoms with Crippen molar-refractivity contribution in [2.24, 2.45) is 0 Å². The van der Waals surface area contributed by atoms with Crippen molar-refractivity contribution in [3.63, 3.8) is 0 Å². The number of carbonyl (C=O) groups is 2. The number of carboxylic acids is 1. The van der Waals surface area contributed by atoms with Crippen molar-refractivity contribution >= 4 is 35.9 Å². The van der Waals surface area contributed by atoms with Gasteiger partial charge < -0.3 is 10.4 Å². The largest absolute Gasteiger partial charge is 0.480 e. The van der Waals surface area contributed by atoms with Gasteiger partial charge in [0, 0.05) is 24.2 Å². The molecule has 6 nitrogen and oxygen atoms in total. The van der Waals surface area contributed by atoms with Crippen molar-refractivity contribution in [3.8, 4) is 0 Å². The molecule has 1 amide bonds. The summed E-state index contributed by atoms with van der Waals surface area (Å²) in [5.74, 6) is -0.804. The van der Waals surface area contributed by atoms with Crippen LogP contribution in [0.25, 0.3) is 0 Å². The predicted octanol–water partition coefficient (Wildman–Crippen LogP) is 2.25. The standard InChI is InChI=1S/C18H26ClN3O3.ClH/c1-21(13-18(24)25)16-6-3-8-22(9-7-16)12-17(23)20-11-14-4-2-5-15(19)10-14;/h2,4-5,10,16H,3,6-9,11-13H2,1H3,(H,20,23)(H,24,25);1H. The Morgan fingerprint density at radius 3 is 2.81 bits per heavy atom. The maximum atomic E-state index is 12.2. The van der Waals surface area contributed by atoms with Gasteiger partial charge in [0.2, 0.25) is 5.91 Å². The Kier molecular flexibility index (Phi) is 9.94. The van der Waals surface area contributed by atoms with Crippen LogP contribution in [-0.2, 0) is 16.1 Å². The van der Waals surface area contributed by atoms with Gasteiger partial charge in [0.05, 0.1) is 13.1 Å². The van der Waals surface area contributed by atoms with Gasteiger partial charge >= 0.3 is 5.97 Å². The molecule has 1 fully saturated rings. The predicted molar refractivity (Wildman–Crippen MR) is 105 cm³/mol. The highest BCUT2D eigenvalue weighted by atomic mass is 35.5. The molecule has 1 aromatic rings. The highest BCUT2D eigenvalue weighted by Crippen LogP contribution is 2.15. The van der Waals surface area contributed by atoms with Gasteiger partial charge in [-0.05, 0) is 50.6 Å². The molecule has 1 atom stereocenters. The smallest absolute Gasteiger partial charge is 0.317 e. The average Bonchev–Trinajstić information content (AvgIpc) is 2.78. The Hall–Kier alpha value is -1.34. The normalized spacial score (nSPS) is 18.0. The number of rotatable bonds is 7. The summed E-state index contributed by atoms with van der Waals surface area (Å²) in [5, 5.41) is 12.5. The minimum absolute atomic E-state index is 0. The number of likely N-dealkylation sites (tertiary alicyclic amines) is 1. The quantitative estimate of drug-likeness (QED) is 0.730. The van der Waals surface area contributed by atoms with Crippen molar-refractivity contribution in [3.05, 3.63) is 34.9 Å². The van der Waals surface area contributed by atoms with Gasteiger partial charge in [-0.3, -0.25) is 19.4 Å². The zero-order valence-electron chi connectivity index (χ0n) is 15.0. The van der Waals surface area contributed by atoms with Crippen molar-refractivity contribution in [2.75, 3.05) is 33.2 Å². The van der Waals surface area contributed by atoms with Gasteiger partial charge in [0.15, 0.2) is 0 Å². The molecule has 0 aliphatic carbocycles. The van der Waals surface area contributed by atoms with Crippen LogP contribution in [0.1, 0.15) is 24.8 Å². The number of carbonyl (C=O) groups excluding carboxylic acids is 1. The van der Waals surface area contributed by atoms with E-state index in [0.717, 1.165) is 37.9 Å². The van der Waals surface area contributed by atoms with Crippen molar-refractivity contribution in [1.82, 2.24) is 15.1 Å². The molecule has 1 heterocycles. The molecule has 1 unspecified atom stereocenters. The molecular formula is C18H27Cl2N3O3. The first-order valence-electron chi connectivity index (χ1n) is 8.59. The molecular weight excluding hydrogens is 377 g/mol. The van der Waals surface area contributed by atoms with E-state index in [-0.39, 0.29) is 30.9 Å². The SMILES string of the molecule is CN(CC(=O)O)C1CCCN(CC(=O)NCc2cccc(Cl)c2)CC1.Cl. The lowest BCUT2D eigenvalue weighted by Gasteiger charge is -2.25. The Balaban J connectivity index is 0.00000338. The van der Waals surface area contributed by atoms with Gasteiger partial charge in [0.25, 0.3) is 0 Å². The summed E-state index contributed by atoms with van der Waals surface area (Å²) < 4.78 is 0. The first kappa shape index (κ1) is 22.7. The molecule has 26 heavy (non-hydrogen) atoms. The second kappa shape index (κ2) is 11.4. The molecule has 146 valence electrons. The van der Waals surface area contributed by atoms with Crippen molar-refractivity contribution in [1.29, 1.82) is 0 Å². The number of benzene rings is 1. The zero-order chi connectivity index (χ0) is 18.2. The van der Waals surface area contributed by atoms with Crippen LogP contribution in [0.3, 0.4) is 0 Å². The van der Waals surface area contributed by atoms with Gasteiger partial charge in [-0.25, -0.2) is 0 Å². The minimum atomic E-state index is -0.802. The van der Waals surface area contributed by atoms with Crippen LogP contribution in [-0.4, -0.2) is 66.1 Å². The summed E-state index contributed by atoms with van der Waals surface area (Å²) >= 11 is 5.94. The van der Waals surface area contributed by atoms with Crippen LogP contribution in [0.2, 0.25) is 5.02 Å². The van der Waals surface area contributed by atoms with E-state index in [9.17, 15) is 9.59 Å². The van der Waals surface area contributed by atoms with E-state index in [1.807, 2.05) is 36.2 Å². The van der Waals surface area contributed by atoms with E-state index < -0.39 is 5.97 Å². The molecule has 0 saturated carbocycles. The Morgan fingerprint density at radius 1 is 1.35 bits per heavy atom. The summed E-state index contributed by atoms with van der Waals surface area (Å²) in [4.78, 5) is 27.0. The number of nitrogens with zero attached hydrogens (tertiary/aromatic N) is 2. The van der Waals surface area contributed by atoms with E-state index in [0.29, 0.717) is 18.1 Å². The summed E-state index contributed by atoms with van der Waals surface area (Å²) in [6, 6.07) is 7.71. The minimum Gasteiger partial charge on any atom is -0.480 e. The lowest BCUT2D eigenvalue weighted by molar-refractivity contribution is -0.138. The van der Waals surface area contributed by atoms with Crippen LogP contribution in [0, 0.1) is 0 Å². The van der Waals surface area contributed by atoms with E-state index >= 15 is 0 Å². The fourth-order valence-electron chi connectivity index (χ4n) is 3.19. The molecule has 1 aromatic carbocycles. The number of likely N-dealkylation sites (N-methyl/N-ethyl adjacent to an activating group) is 1. The summed E-state index contributed by atoms with van der Waals surface area (Å²) in [5.41, 5.74) is 0.979. The summed E-state index contributed by atoms with van der Waals surface area (Å²) in [6.07, 6.45) is 2.81. The zero-order valence-corrected chi connectivity index (χ0v) is 16.6. The van der Waals surface area contributed by atoms with E-state index in [1.165, 1.54) is 0 Å². The van der Waals surface area contributed by atoms with Gasteiger partial charge in [-0.1, -0.05) is 23.7 Å². The van der Waals surface area contributed by atoms with Crippen LogP contribution in [0.15, 0.2) is 24.3 Å². The molecule has 1 saturated heterocycles. The monoisotopic (exact) mass is 403 g/mol. The third kappa shape index (κ3) is 7.91. The molecule has 0 radical (unpaired) electrons. The molecule has 1 aliphatic rings. The first-order valence-corrected chi connectivity index (χ1v) is 8.97. The second-order valence-electron chi connectivity index (χ2n) is 6.58. The first-order chi connectivity index (χ1) is 11.9. The van der Waals surface area contributed by atoms with Crippen LogP contribution in [0.5, 0.6) is 0 Å². The van der Waals surface area contributed by atoms with Crippen LogP contribution >= 0.6 is 24.0 Å². The maximum Gasteiger partial charge on any atom is 0.317 e. The molecule has 0 bridgehead atoms. The maximum absolute atomic E-state index is 12.2. The number of hydrogen-bond acceptors (Lipinski definition) is 4. The van der Waals surface area contributed by atoms with E-state index in [1.54, 1.807) is 0 Å². The number of aliphatic carboxylic acids is 1. The Bertz CT molecular complexity index is 601. The second-order valence-corrected chi connectivity index (χ2v) is 7.01. The van der Waals surface area contributed by atoms with Gasteiger partial charge in [0.1, 0.15) is 0 Å². The van der Waals surface area contributed by atoms with Gasteiger partial charge in [-0.15, -0.1) is 12.4 Å². The van der Waals surface area contributed by atoms with E-state index in [4.69, 9.17) is 16.7 Å². The lowest BCUT2D eigenvalue weighted by atomic mass is 10.1. The average molecular weight is 404 g/mol. The fourth-order valence-corrected chi connectivity index (χ4v) is 3.40. The molecule has 2 N–H and O–H groups in total. The summed E-state index contributed by atoms with van der Waals surface area (Å²) in [6.45, 7) is 2.57. The number of hydrogen-bond donors (Lipinski definition) is 2. The lowest BCUT2D eigenvalue weighted by Crippen LogP contribution is -2.39.